The molecule has 0 aliphatic carbocycles. The molecule has 2 rings (SSSR count). The highest BCUT2D eigenvalue weighted by molar-refractivity contribution is 5.76. The molecule has 0 aliphatic rings. The summed E-state index contributed by atoms with van der Waals surface area (Å²) in [5.74, 6) is 1.56. The third kappa shape index (κ3) is 5.50. The highest BCUT2D eigenvalue weighted by Gasteiger charge is 2.16. The molecule has 0 spiro atoms. The van der Waals surface area contributed by atoms with E-state index >= 15 is 0 Å². The first-order valence-corrected chi connectivity index (χ1v) is 8.23. The number of ether oxygens (including phenoxy) is 3. The van der Waals surface area contributed by atoms with Crippen LogP contribution in [0.4, 0.5) is 0 Å². The fourth-order valence-electron chi connectivity index (χ4n) is 2.60. The Hall–Kier alpha value is -2.53. The number of nitrogens with one attached hydrogen (secondary N) is 1. The zero-order valence-corrected chi connectivity index (χ0v) is 15.0. The quantitative estimate of drug-likeness (QED) is 0.760. The first kappa shape index (κ1) is 18.8. The number of benzene rings is 2. The summed E-state index contributed by atoms with van der Waals surface area (Å²) < 4.78 is 16.0. The topological polar surface area (TPSA) is 56.8 Å². The largest absolute Gasteiger partial charge is 0.497 e. The summed E-state index contributed by atoms with van der Waals surface area (Å²) in [6.07, 6.45) is 0.859. The van der Waals surface area contributed by atoms with Gasteiger partial charge in [-0.1, -0.05) is 30.3 Å². The Kier molecular flexibility index (Phi) is 7.29. The maximum atomic E-state index is 12.1. The van der Waals surface area contributed by atoms with Gasteiger partial charge < -0.3 is 19.5 Å². The Morgan fingerprint density at radius 1 is 1.00 bits per heavy atom. The number of amides is 1. The molecule has 0 aromatic heterocycles. The second-order valence-electron chi connectivity index (χ2n) is 5.62. The van der Waals surface area contributed by atoms with Crippen LogP contribution in [0.3, 0.4) is 0 Å². The third-order valence-electron chi connectivity index (χ3n) is 4.05. The number of hydrogen-bond acceptors (Lipinski definition) is 4. The average molecular weight is 343 g/mol. The van der Waals surface area contributed by atoms with Crippen molar-refractivity contribution in [1.29, 1.82) is 0 Å². The van der Waals surface area contributed by atoms with Crippen LogP contribution in [0, 0.1) is 0 Å². The molecule has 0 bridgehead atoms. The van der Waals surface area contributed by atoms with Crippen molar-refractivity contribution in [2.75, 3.05) is 27.9 Å². The minimum Gasteiger partial charge on any atom is -0.497 e. The summed E-state index contributed by atoms with van der Waals surface area (Å²) in [5, 5.41) is 2.93. The number of rotatable bonds is 9. The Bertz CT molecular complexity index is 670. The van der Waals surface area contributed by atoms with E-state index in [9.17, 15) is 4.79 Å². The van der Waals surface area contributed by atoms with Crippen molar-refractivity contribution in [2.24, 2.45) is 0 Å². The van der Waals surface area contributed by atoms with Crippen LogP contribution in [0.2, 0.25) is 0 Å². The molecule has 1 unspecified atom stereocenters. The summed E-state index contributed by atoms with van der Waals surface area (Å²) in [4.78, 5) is 12.1. The number of para-hydroxylation sites is 1. The molecule has 2 aromatic rings. The van der Waals surface area contributed by atoms with Crippen molar-refractivity contribution in [3.05, 3.63) is 59.7 Å². The molecule has 0 aliphatic heterocycles. The second kappa shape index (κ2) is 9.69. The van der Waals surface area contributed by atoms with Crippen LogP contribution in [0.1, 0.15) is 23.7 Å². The van der Waals surface area contributed by atoms with E-state index in [0.717, 1.165) is 22.6 Å². The molecule has 0 fully saturated rings. The van der Waals surface area contributed by atoms with Crippen molar-refractivity contribution in [2.45, 2.75) is 18.9 Å². The van der Waals surface area contributed by atoms with Crippen LogP contribution in [-0.4, -0.2) is 33.8 Å². The number of hydrogen-bond donors (Lipinski definition) is 1. The molecule has 1 atom stereocenters. The van der Waals surface area contributed by atoms with Gasteiger partial charge in [-0.25, -0.2) is 0 Å². The fourth-order valence-corrected chi connectivity index (χ4v) is 2.60. The van der Waals surface area contributed by atoms with Crippen molar-refractivity contribution in [3.8, 4) is 11.5 Å². The lowest BCUT2D eigenvalue weighted by Crippen LogP contribution is -2.29. The third-order valence-corrected chi connectivity index (χ3v) is 4.05. The van der Waals surface area contributed by atoms with Crippen LogP contribution in [0.5, 0.6) is 11.5 Å². The van der Waals surface area contributed by atoms with Crippen molar-refractivity contribution in [3.63, 3.8) is 0 Å². The normalized spacial score (nSPS) is 11.6. The van der Waals surface area contributed by atoms with E-state index in [1.54, 1.807) is 21.3 Å². The molecule has 134 valence electrons. The van der Waals surface area contributed by atoms with Gasteiger partial charge in [0.2, 0.25) is 5.91 Å². The Labute approximate surface area is 148 Å². The van der Waals surface area contributed by atoms with Crippen LogP contribution in [0.25, 0.3) is 0 Å². The standard InChI is InChI=1S/C20H25NO4/c1-23-16-11-8-15(9-12-16)10-13-20(22)21-14-19(25-3)17-6-4-5-7-18(17)24-2/h4-9,11-12,19H,10,13-14H2,1-3H3,(H,21,22). The van der Waals surface area contributed by atoms with Gasteiger partial charge in [-0.2, -0.15) is 0 Å². The lowest BCUT2D eigenvalue weighted by atomic mass is 10.1. The van der Waals surface area contributed by atoms with E-state index in [1.165, 1.54) is 0 Å². The van der Waals surface area contributed by atoms with Crippen molar-refractivity contribution in [1.82, 2.24) is 5.32 Å². The lowest BCUT2D eigenvalue weighted by molar-refractivity contribution is -0.121. The smallest absolute Gasteiger partial charge is 0.220 e. The zero-order valence-electron chi connectivity index (χ0n) is 15.0. The molecule has 2 aromatic carbocycles. The highest BCUT2D eigenvalue weighted by Crippen LogP contribution is 2.26. The van der Waals surface area contributed by atoms with Crippen LogP contribution in [0.15, 0.2) is 48.5 Å². The van der Waals surface area contributed by atoms with Gasteiger partial charge in [0.05, 0.1) is 14.2 Å². The van der Waals surface area contributed by atoms with Gasteiger partial charge in [0.1, 0.15) is 17.6 Å². The number of aryl methyl sites for hydroxylation is 1. The molecule has 1 N–H and O–H groups in total. The molecule has 0 radical (unpaired) electrons. The highest BCUT2D eigenvalue weighted by atomic mass is 16.5. The molecule has 5 heteroatoms. The van der Waals surface area contributed by atoms with E-state index < -0.39 is 0 Å². The van der Waals surface area contributed by atoms with Gasteiger partial charge in [0.15, 0.2) is 0 Å². The molecule has 0 saturated carbocycles. The van der Waals surface area contributed by atoms with E-state index in [0.29, 0.717) is 19.4 Å². The number of carbonyl (C=O) groups is 1. The van der Waals surface area contributed by atoms with Gasteiger partial charge in [0.25, 0.3) is 0 Å². The van der Waals surface area contributed by atoms with Gasteiger partial charge >= 0.3 is 0 Å². The van der Waals surface area contributed by atoms with Crippen LogP contribution >= 0.6 is 0 Å². The van der Waals surface area contributed by atoms with Crippen LogP contribution < -0.4 is 14.8 Å². The van der Waals surface area contributed by atoms with E-state index in [4.69, 9.17) is 14.2 Å². The molecule has 0 heterocycles. The van der Waals surface area contributed by atoms with Crippen molar-refractivity contribution < 1.29 is 19.0 Å². The predicted octanol–water partition coefficient (Wildman–Crippen LogP) is 3.14. The van der Waals surface area contributed by atoms with Gasteiger partial charge in [-0.15, -0.1) is 0 Å². The Morgan fingerprint density at radius 2 is 1.72 bits per heavy atom. The van der Waals surface area contributed by atoms with Crippen LogP contribution in [-0.2, 0) is 16.0 Å². The first-order valence-electron chi connectivity index (χ1n) is 8.23. The van der Waals surface area contributed by atoms with Gasteiger partial charge in [-0.05, 0) is 30.2 Å². The van der Waals surface area contributed by atoms with E-state index in [1.807, 2.05) is 48.5 Å². The van der Waals surface area contributed by atoms with Gasteiger partial charge in [-0.3, -0.25) is 4.79 Å². The number of carbonyl (C=O) groups excluding carboxylic acids is 1. The summed E-state index contributed by atoms with van der Waals surface area (Å²) in [5.41, 5.74) is 2.02. The second-order valence-corrected chi connectivity index (χ2v) is 5.62. The lowest BCUT2D eigenvalue weighted by Gasteiger charge is -2.19. The molecule has 25 heavy (non-hydrogen) atoms. The van der Waals surface area contributed by atoms with E-state index in [-0.39, 0.29) is 12.0 Å². The molecular formula is C20H25NO4. The van der Waals surface area contributed by atoms with Gasteiger partial charge in [0, 0.05) is 25.6 Å². The van der Waals surface area contributed by atoms with E-state index in [2.05, 4.69) is 5.32 Å². The Balaban J connectivity index is 1.85. The summed E-state index contributed by atoms with van der Waals surface area (Å²) >= 11 is 0. The summed E-state index contributed by atoms with van der Waals surface area (Å²) in [6.45, 7) is 0.401. The zero-order chi connectivity index (χ0) is 18.1. The maximum absolute atomic E-state index is 12.1. The predicted molar refractivity (Wildman–Crippen MR) is 97.1 cm³/mol. The van der Waals surface area contributed by atoms with Crippen molar-refractivity contribution >= 4 is 5.91 Å². The monoisotopic (exact) mass is 343 g/mol. The average Bonchev–Trinajstić information content (AvgIpc) is 2.67. The molecular weight excluding hydrogens is 318 g/mol. The summed E-state index contributed by atoms with van der Waals surface area (Å²) in [6, 6.07) is 15.4. The molecule has 1 amide bonds. The maximum Gasteiger partial charge on any atom is 0.220 e. The molecule has 5 nitrogen and oxygen atoms in total. The minimum atomic E-state index is -0.249. The fraction of sp³-hybridized carbons (Fsp3) is 0.350. The Morgan fingerprint density at radius 3 is 2.36 bits per heavy atom. The molecule has 0 saturated heterocycles. The first-order chi connectivity index (χ1) is 12.2. The summed E-state index contributed by atoms with van der Waals surface area (Å²) in [7, 11) is 4.88. The minimum absolute atomic E-state index is 0.00670. The SMILES string of the molecule is COc1ccc(CCC(=O)NCC(OC)c2ccccc2OC)cc1. The number of methoxy groups -OCH3 is 3.